The molecule has 0 aliphatic heterocycles. The van der Waals surface area contributed by atoms with Crippen molar-refractivity contribution in [3.05, 3.63) is 48.6 Å². The molecule has 0 saturated carbocycles. The summed E-state index contributed by atoms with van der Waals surface area (Å²) in [6, 6.07) is 8.74. The Labute approximate surface area is 149 Å². The molecule has 0 unspecified atom stereocenters. The molecule has 0 heterocycles. The van der Waals surface area contributed by atoms with Gasteiger partial charge in [-0.2, -0.15) is 0 Å². The molecule has 1 aromatic carbocycles. The van der Waals surface area contributed by atoms with E-state index in [-0.39, 0.29) is 11.1 Å². The summed E-state index contributed by atoms with van der Waals surface area (Å²) in [4.78, 5) is 0. The zero-order valence-electron chi connectivity index (χ0n) is 16.1. The highest BCUT2D eigenvalue weighted by atomic mass is 14.9. The highest BCUT2D eigenvalue weighted by molar-refractivity contribution is 5.22. The van der Waals surface area contributed by atoms with Crippen LogP contribution in [0, 0.1) is 0 Å². The van der Waals surface area contributed by atoms with Gasteiger partial charge in [-0.25, -0.2) is 0 Å². The minimum Gasteiger partial charge on any atom is -0.326 e. The van der Waals surface area contributed by atoms with Gasteiger partial charge in [-0.05, 0) is 64.8 Å². The molecule has 138 valence electrons. The molecule has 0 aromatic heterocycles. The van der Waals surface area contributed by atoms with Gasteiger partial charge in [0.1, 0.15) is 0 Å². The summed E-state index contributed by atoms with van der Waals surface area (Å²) in [6.07, 6.45) is 1.96. The molecule has 0 aliphatic rings. The highest BCUT2D eigenvalue weighted by Crippen LogP contribution is 2.06. The second kappa shape index (κ2) is 11.4. The first kappa shape index (κ1) is 22.8. The van der Waals surface area contributed by atoms with Gasteiger partial charge in [0.05, 0.1) is 0 Å². The van der Waals surface area contributed by atoms with Crippen LogP contribution in [0.3, 0.4) is 0 Å². The monoisotopic (exact) mass is 334 g/mol. The molecule has 0 saturated heterocycles. The van der Waals surface area contributed by atoms with E-state index >= 15 is 0 Å². The van der Waals surface area contributed by atoms with Crippen LogP contribution >= 0.6 is 0 Å². The number of hydrogen-bond acceptors (Lipinski definition) is 4. The van der Waals surface area contributed by atoms with Crippen molar-refractivity contribution >= 4 is 0 Å². The number of nitrogens with one attached hydrogen (secondary N) is 2. The van der Waals surface area contributed by atoms with Crippen LogP contribution in [0.5, 0.6) is 0 Å². The Kier molecular flexibility index (Phi) is 10.8. The number of benzene rings is 1. The molecule has 4 heteroatoms. The summed E-state index contributed by atoms with van der Waals surface area (Å²) >= 11 is 0. The maximum atomic E-state index is 5.96. The highest BCUT2D eigenvalue weighted by Gasteiger charge is 2.09. The quantitative estimate of drug-likeness (QED) is 0.392. The Morgan fingerprint density at radius 3 is 1.29 bits per heavy atom. The zero-order chi connectivity index (χ0) is 18.6. The predicted octanol–water partition coefficient (Wildman–Crippen LogP) is 2.92. The lowest BCUT2D eigenvalue weighted by Crippen LogP contribution is -2.35. The van der Waals surface area contributed by atoms with E-state index in [9.17, 15) is 0 Å². The van der Waals surface area contributed by atoms with Gasteiger partial charge in [0.15, 0.2) is 0 Å². The predicted molar refractivity (Wildman–Crippen MR) is 107 cm³/mol. The van der Waals surface area contributed by atoms with E-state index in [0.29, 0.717) is 0 Å². The summed E-state index contributed by atoms with van der Waals surface area (Å²) in [6.45, 7) is 17.9. The standard InChI is InChI=1S/C18H34N4.C2H4/c1-17(2,19)9-11-21-13-15-5-7-16(8-6-15)14-22-12-10-18(3,4)20;1-2/h5-8,21-22H,9-14,19-20H2,1-4H3;1-2H2. The summed E-state index contributed by atoms with van der Waals surface area (Å²) in [7, 11) is 0. The van der Waals surface area contributed by atoms with Gasteiger partial charge >= 0.3 is 0 Å². The molecule has 0 fully saturated rings. The van der Waals surface area contributed by atoms with Crippen molar-refractivity contribution in [2.75, 3.05) is 13.1 Å². The van der Waals surface area contributed by atoms with Crippen molar-refractivity contribution in [1.29, 1.82) is 0 Å². The SMILES string of the molecule is C=C.CC(C)(N)CCNCc1ccc(CNCCC(C)(C)N)cc1. The Morgan fingerprint density at radius 1 is 0.750 bits per heavy atom. The molecule has 0 spiro atoms. The van der Waals surface area contributed by atoms with Crippen molar-refractivity contribution in [2.45, 2.75) is 64.7 Å². The lowest BCUT2D eigenvalue weighted by atomic mass is 10.0. The minimum absolute atomic E-state index is 0.0966. The molecule has 6 N–H and O–H groups in total. The molecule has 0 aliphatic carbocycles. The van der Waals surface area contributed by atoms with Gasteiger partial charge in [0, 0.05) is 24.2 Å². The van der Waals surface area contributed by atoms with Gasteiger partial charge in [0.25, 0.3) is 0 Å². The van der Waals surface area contributed by atoms with Crippen molar-refractivity contribution in [3.63, 3.8) is 0 Å². The fourth-order valence-electron chi connectivity index (χ4n) is 2.06. The van der Waals surface area contributed by atoms with E-state index in [1.807, 2.05) is 0 Å². The van der Waals surface area contributed by atoms with E-state index in [1.165, 1.54) is 11.1 Å². The fraction of sp³-hybridized carbons (Fsp3) is 0.600. The second-order valence-electron chi connectivity index (χ2n) is 7.65. The van der Waals surface area contributed by atoms with E-state index in [0.717, 1.165) is 39.0 Å². The minimum atomic E-state index is -0.0966. The molecule has 1 aromatic rings. The Bertz CT molecular complexity index is 385. The van der Waals surface area contributed by atoms with Crippen LogP contribution in [-0.2, 0) is 13.1 Å². The summed E-state index contributed by atoms with van der Waals surface area (Å²) < 4.78 is 0. The lowest BCUT2D eigenvalue weighted by molar-refractivity contribution is 0.454. The van der Waals surface area contributed by atoms with Crippen molar-refractivity contribution in [2.24, 2.45) is 11.5 Å². The van der Waals surface area contributed by atoms with E-state index in [4.69, 9.17) is 11.5 Å². The van der Waals surface area contributed by atoms with Crippen LogP contribution in [0.4, 0.5) is 0 Å². The molecular weight excluding hydrogens is 296 g/mol. The molecule has 4 nitrogen and oxygen atoms in total. The number of rotatable bonds is 10. The second-order valence-corrected chi connectivity index (χ2v) is 7.65. The topological polar surface area (TPSA) is 76.1 Å². The fourth-order valence-corrected chi connectivity index (χ4v) is 2.06. The van der Waals surface area contributed by atoms with Crippen LogP contribution < -0.4 is 22.1 Å². The molecule has 0 atom stereocenters. The first-order valence-corrected chi connectivity index (χ1v) is 8.73. The Hall–Kier alpha value is -1.20. The van der Waals surface area contributed by atoms with E-state index < -0.39 is 0 Å². The molecule has 0 radical (unpaired) electrons. The Morgan fingerprint density at radius 2 is 1.04 bits per heavy atom. The summed E-state index contributed by atoms with van der Waals surface area (Å²) in [5.74, 6) is 0. The van der Waals surface area contributed by atoms with Crippen molar-refractivity contribution < 1.29 is 0 Å². The third kappa shape index (κ3) is 13.3. The third-order valence-corrected chi connectivity index (χ3v) is 3.57. The smallest absolute Gasteiger partial charge is 0.0205 e. The molecule has 24 heavy (non-hydrogen) atoms. The van der Waals surface area contributed by atoms with Gasteiger partial charge in [-0.15, -0.1) is 13.2 Å². The van der Waals surface area contributed by atoms with Gasteiger partial charge in [-0.1, -0.05) is 24.3 Å². The van der Waals surface area contributed by atoms with Gasteiger partial charge in [0.2, 0.25) is 0 Å². The van der Waals surface area contributed by atoms with Crippen LogP contribution in [0.15, 0.2) is 37.4 Å². The maximum Gasteiger partial charge on any atom is 0.0205 e. The van der Waals surface area contributed by atoms with Crippen LogP contribution in [0.2, 0.25) is 0 Å². The Balaban J connectivity index is 0.00000254. The summed E-state index contributed by atoms with van der Waals surface area (Å²) in [5.41, 5.74) is 14.4. The van der Waals surface area contributed by atoms with Crippen LogP contribution in [0.1, 0.15) is 51.7 Å². The van der Waals surface area contributed by atoms with E-state index in [2.05, 4.69) is 75.8 Å². The molecule has 0 bridgehead atoms. The van der Waals surface area contributed by atoms with Crippen molar-refractivity contribution in [3.8, 4) is 0 Å². The molecule has 1 rings (SSSR count). The first-order valence-electron chi connectivity index (χ1n) is 8.73. The average molecular weight is 335 g/mol. The third-order valence-electron chi connectivity index (χ3n) is 3.57. The first-order chi connectivity index (χ1) is 11.2. The molecule has 0 amide bonds. The van der Waals surface area contributed by atoms with Crippen LogP contribution in [-0.4, -0.2) is 24.2 Å². The van der Waals surface area contributed by atoms with Crippen molar-refractivity contribution in [1.82, 2.24) is 10.6 Å². The summed E-state index contributed by atoms with van der Waals surface area (Å²) in [5, 5.41) is 6.87. The molecular formula is C20H38N4. The van der Waals surface area contributed by atoms with Crippen LogP contribution in [0.25, 0.3) is 0 Å². The van der Waals surface area contributed by atoms with Gasteiger partial charge < -0.3 is 22.1 Å². The largest absolute Gasteiger partial charge is 0.326 e. The number of nitrogens with two attached hydrogens (primary N) is 2. The maximum absolute atomic E-state index is 5.96. The number of hydrogen-bond donors (Lipinski definition) is 4. The van der Waals surface area contributed by atoms with Gasteiger partial charge in [-0.3, -0.25) is 0 Å². The van der Waals surface area contributed by atoms with E-state index in [1.54, 1.807) is 0 Å². The normalized spacial score (nSPS) is 11.8. The average Bonchev–Trinajstić information content (AvgIpc) is 2.50. The zero-order valence-corrected chi connectivity index (χ0v) is 16.1. The lowest BCUT2D eigenvalue weighted by Gasteiger charge is -2.18.